The molecular formula is C17H22N2S. The van der Waals surface area contributed by atoms with E-state index in [0.29, 0.717) is 0 Å². The zero-order chi connectivity index (χ0) is 13.9. The van der Waals surface area contributed by atoms with Crippen LogP contribution >= 0.6 is 11.3 Å². The van der Waals surface area contributed by atoms with Gasteiger partial charge in [-0.25, -0.2) is 4.98 Å². The minimum absolute atomic E-state index is 0.955. The van der Waals surface area contributed by atoms with Gasteiger partial charge in [0.25, 0.3) is 0 Å². The first-order chi connectivity index (χ1) is 9.76. The van der Waals surface area contributed by atoms with Gasteiger partial charge in [-0.2, -0.15) is 0 Å². The number of benzene rings is 1. The van der Waals surface area contributed by atoms with Crippen LogP contribution in [0.1, 0.15) is 30.3 Å². The Morgan fingerprint density at radius 3 is 2.65 bits per heavy atom. The maximum Gasteiger partial charge on any atom is 0.123 e. The van der Waals surface area contributed by atoms with Crippen molar-refractivity contribution in [3.8, 4) is 10.6 Å². The number of hydrogen-bond acceptors (Lipinski definition) is 3. The fraction of sp³-hybridized carbons (Fsp3) is 0.471. The Morgan fingerprint density at radius 1 is 1.25 bits per heavy atom. The third-order valence-electron chi connectivity index (χ3n) is 3.94. The quantitative estimate of drug-likeness (QED) is 0.785. The number of thiazole rings is 1. The van der Waals surface area contributed by atoms with Crippen molar-refractivity contribution in [2.75, 3.05) is 13.1 Å². The number of aromatic nitrogens is 1. The lowest BCUT2D eigenvalue weighted by Crippen LogP contribution is -2.25. The lowest BCUT2D eigenvalue weighted by Gasteiger charge is -2.19. The van der Waals surface area contributed by atoms with E-state index in [-0.39, 0.29) is 0 Å². The summed E-state index contributed by atoms with van der Waals surface area (Å²) in [7, 11) is 0. The lowest BCUT2D eigenvalue weighted by molar-refractivity contribution is 0.270. The summed E-state index contributed by atoms with van der Waals surface area (Å²) in [5, 5.41) is 1.15. The van der Waals surface area contributed by atoms with Crippen molar-refractivity contribution in [2.45, 2.75) is 33.2 Å². The Labute approximate surface area is 125 Å². The van der Waals surface area contributed by atoms with Gasteiger partial charge in [0.1, 0.15) is 5.01 Å². The van der Waals surface area contributed by atoms with Crippen molar-refractivity contribution >= 4 is 11.3 Å². The number of nitrogens with zero attached hydrogens (tertiary/aromatic N) is 2. The molecule has 0 aliphatic heterocycles. The molecule has 0 radical (unpaired) electrons. The summed E-state index contributed by atoms with van der Waals surface area (Å²) >= 11 is 1.85. The van der Waals surface area contributed by atoms with Crippen molar-refractivity contribution in [2.24, 2.45) is 5.92 Å². The molecule has 20 heavy (non-hydrogen) atoms. The number of rotatable bonds is 6. The summed E-state index contributed by atoms with van der Waals surface area (Å²) in [6.45, 7) is 7.85. The zero-order valence-electron chi connectivity index (χ0n) is 12.3. The number of aryl methyl sites for hydroxylation is 1. The first-order valence-corrected chi connectivity index (χ1v) is 8.32. The molecular weight excluding hydrogens is 264 g/mol. The van der Waals surface area contributed by atoms with Crippen LogP contribution in [0.2, 0.25) is 0 Å². The van der Waals surface area contributed by atoms with E-state index in [2.05, 4.69) is 49.1 Å². The molecule has 3 rings (SSSR count). The van der Waals surface area contributed by atoms with Crippen molar-refractivity contribution in [1.29, 1.82) is 0 Å². The molecule has 0 atom stereocenters. The molecule has 1 fully saturated rings. The second-order valence-corrected chi connectivity index (χ2v) is 6.75. The van der Waals surface area contributed by atoms with E-state index < -0.39 is 0 Å². The minimum Gasteiger partial charge on any atom is -0.298 e. The highest BCUT2D eigenvalue weighted by Gasteiger charge is 2.24. The van der Waals surface area contributed by atoms with Gasteiger partial charge < -0.3 is 0 Å². The Balaban J connectivity index is 1.74. The van der Waals surface area contributed by atoms with Gasteiger partial charge in [0.2, 0.25) is 0 Å². The van der Waals surface area contributed by atoms with Crippen LogP contribution in [0.3, 0.4) is 0 Å². The van der Waals surface area contributed by atoms with Crippen LogP contribution in [-0.4, -0.2) is 23.0 Å². The van der Waals surface area contributed by atoms with Crippen LogP contribution in [0.15, 0.2) is 30.3 Å². The van der Waals surface area contributed by atoms with E-state index in [1.807, 2.05) is 11.3 Å². The molecule has 1 saturated carbocycles. The lowest BCUT2D eigenvalue weighted by atomic mass is 10.2. The molecule has 0 bridgehead atoms. The van der Waals surface area contributed by atoms with E-state index in [0.717, 1.165) is 24.0 Å². The summed E-state index contributed by atoms with van der Waals surface area (Å²) in [6, 6.07) is 10.5. The minimum atomic E-state index is 0.955. The van der Waals surface area contributed by atoms with Gasteiger partial charge >= 0.3 is 0 Å². The molecule has 106 valence electrons. The Bertz CT molecular complexity index is 558. The molecule has 3 heteroatoms. The first-order valence-electron chi connectivity index (χ1n) is 7.50. The van der Waals surface area contributed by atoms with Gasteiger partial charge in [0.05, 0.1) is 5.69 Å². The SMILES string of the molecule is CCN(Cc1sc(-c2ccccc2)nc1C)CC1CC1. The third kappa shape index (κ3) is 3.28. The van der Waals surface area contributed by atoms with Crippen molar-refractivity contribution < 1.29 is 0 Å². The fourth-order valence-electron chi connectivity index (χ4n) is 2.45. The average molecular weight is 286 g/mol. The van der Waals surface area contributed by atoms with E-state index in [9.17, 15) is 0 Å². The van der Waals surface area contributed by atoms with E-state index in [1.54, 1.807) is 0 Å². The molecule has 0 spiro atoms. The molecule has 1 aromatic heterocycles. The van der Waals surface area contributed by atoms with Crippen LogP contribution in [0.5, 0.6) is 0 Å². The average Bonchev–Trinajstić information content (AvgIpc) is 3.22. The predicted octanol–water partition coefficient (Wildman–Crippen LogP) is 4.35. The maximum atomic E-state index is 4.75. The molecule has 0 saturated heterocycles. The van der Waals surface area contributed by atoms with Crippen molar-refractivity contribution in [3.05, 3.63) is 40.9 Å². The zero-order valence-corrected chi connectivity index (χ0v) is 13.1. The fourth-order valence-corrected chi connectivity index (χ4v) is 3.56. The topological polar surface area (TPSA) is 16.1 Å². The van der Waals surface area contributed by atoms with Gasteiger partial charge in [-0.05, 0) is 32.2 Å². The van der Waals surface area contributed by atoms with Crippen LogP contribution in [0.4, 0.5) is 0 Å². The first kappa shape index (κ1) is 13.8. The standard InChI is InChI=1S/C17H22N2S/c1-3-19(11-14-9-10-14)12-16-13(2)18-17(20-16)15-7-5-4-6-8-15/h4-8,14H,3,9-12H2,1-2H3. The molecule has 2 nitrogen and oxygen atoms in total. The van der Waals surface area contributed by atoms with Gasteiger partial charge in [0, 0.05) is 23.5 Å². The second-order valence-electron chi connectivity index (χ2n) is 5.66. The molecule has 2 aromatic rings. The Hall–Kier alpha value is -1.19. The highest BCUT2D eigenvalue weighted by molar-refractivity contribution is 7.15. The van der Waals surface area contributed by atoms with E-state index in [4.69, 9.17) is 4.98 Å². The summed E-state index contributed by atoms with van der Waals surface area (Å²) in [6.07, 6.45) is 2.85. The molecule has 0 amide bonds. The monoisotopic (exact) mass is 286 g/mol. The molecule has 0 N–H and O–H groups in total. The maximum absolute atomic E-state index is 4.75. The number of hydrogen-bond donors (Lipinski definition) is 0. The van der Waals surface area contributed by atoms with Crippen molar-refractivity contribution in [1.82, 2.24) is 9.88 Å². The summed E-state index contributed by atoms with van der Waals surface area (Å²) in [5.41, 5.74) is 2.43. The molecule has 0 unspecified atom stereocenters. The van der Waals surface area contributed by atoms with Crippen molar-refractivity contribution in [3.63, 3.8) is 0 Å². The molecule has 1 heterocycles. The van der Waals surface area contributed by atoms with Gasteiger partial charge in [-0.15, -0.1) is 11.3 Å². The van der Waals surface area contributed by atoms with Gasteiger partial charge in [-0.3, -0.25) is 4.90 Å². The summed E-state index contributed by atoms with van der Waals surface area (Å²) in [5.74, 6) is 0.955. The van der Waals surface area contributed by atoms with Crippen LogP contribution in [-0.2, 0) is 6.54 Å². The highest BCUT2D eigenvalue weighted by atomic mass is 32.1. The van der Waals surface area contributed by atoms with Gasteiger partial charge in [0.15, 0.2) is 0 Å². The predicted molar refractivity (Wildman–Crippen MR) is 86.0 cm³/mol. The largest absolute Gasteiger partial charge is 0.298 e. The van der Waals surface area contributed by atoms with Crippen LogP contribution in [0.25, 0.3) is 10.6 Å². The van der Waals surface area contributed by atoms with E-state index in [1.165, 1.54) is 35.5 Å². The van der Waals surface area contributed by atoms with Crippen LogP contribution < -0.4 is 0 Å². The van der Waals surface area contributed by atoms with E-state index >= 15 is 0 Å². The second kappa shape index (κ2) is 6.06. The normalized spacial score (nSPS) is 14.9. The smallest absolute Gasteiger partial charge is 0.123 e. The molecule has 1 aromatic carbocycles. The molecule has 1 aliphatic carbocycles. The Kier molecular flexibility index (Phi) is 4.18. The van der Waals surface area contributed by atoms with Crippen LogP contribution in [0, 0.1) is 12.8 Å². The summed E-state index contributed by atoms with van der Waals surface area (Å²) < 4.78 is 0. The highest BCUT2D eigenvalue weighted by Crippen LogP contribution is 2.32. The third-order valence-corrected chi connectivity index (χ3v) is 5.13. The summed E-state index contributed by atoms with van der Waals surface area (Å²) in [4.78, 5) is 8.74. The Morgan fingerprint density at radius 2 is 2.00 bits per heavy atom. The molecule has 1 aliphatic rings. The van der Waals surface area contributed by atoms with Gasteiger partial charge in [-0.1, -0.05) is 37.3 Å².